The van der Waals surface area contributed by atoms with Crippen LogP contribution in [0.5, 0.6) is 0 Å². The monoisotopic (exact) mass is 371 g/mol. The second-order valence-corrected chi connectivity index (χ2v) is 8.73. The molecule has 4 heterocycles. The number of carbonyl (C=O) groups excluding carboxylic acids is 1. The number of carbonyl (C=O) groups is 1. The van der Waals surface area contributed by atoms with Gasteiger partial charge < -0.3 is 4.90 Å². The number of nitrogens with zero attached hydrogens (tertiary/aromatic N) is 3. The molecule has 0 unspecified atom stereocenters. The molecular formula is C18H17N3O2S2. The van der Waals surface area contributed by atoms with Crippen LogP contribution in [0.3, 0.4) is 0 Å². The van der Waals surface area contributed by atoms with Crippen molar-refractivity contribution in [3.05, 3.63) is 49.0 Å². The lowest BCUT2D eigenvalue weighted by atomic mass is 10.1. The molecular weight excluding hydrogens is 354 g/mol. The van der Waals surface area contributed by atoms with E-state index in [1.807, 2.05) is 4.90 Å². The Morgan fingerprint density at radius 2 is 2.16 bits per heavy atom. The van der Waals surface area contributed by atoms with Crippen LogP contribution in [0.25, 0.3) is 10.2 Å². The number of rotatable bonds is 2. The third-order valence-electron chi connectivity index (χ3n) is 5.16. The Morgan fingerprint density at radius 3 is 3.08 bits per heavy atom. The van der Waals surface area contributed by atoms with E-state index in [-0.39, 0.29) is 18.0 Å². The van der Waals surface area contributed by atoms with Gasteiger partial charge in [0.05, 0.1) is 11.7 Å². The molecule has 0 radical (unpaired) electrons. The van der Waals surface area contributed by atoms with Crippen molar-refractivity contribution in [2.75, 3.05) is 6.54 Å². The fourth-order valence-corrected chi connectivity index (χ4v) is 5.95. The van der Waals surface area contributed by atoms with E-state index in [1.54, 1.807) is 22.7 Å². The van der Waals surface area contributed by atoms with E-state index >= 15 is 0 Å². The highest BCUT2D eigenvalue weighted by Crippen LogP contribution is 2.34. The second kappa shape index (κ2) is 5.78. The highest BCUT2D eigenvalue weighted by atomic mass is 32.1. The second-order valence-electron chi connectivity index (χ2n) is 6.65. The molecule has 0 atom stereocenters. The predicted octanol–water partition coefficient (Wildman–Crippen LogP) is 2.59. The molecule has 0 spiro atoms. The van der Waals surface area contributed by atoms with E-state index in [1.165, 1.54) is 31.8 Å². The maximum atomic E-state index is 12.9. The summed E-state index contributed by atoms with van der Waals surface area (Å²) < 4.78 is 1.49. The van der Waals surface area contributed by atoms with Gasteiger partial charge in [0.2, 0.25) is 5.91 Å². The lowest BCUT2D eigenvalue weighted by Gasteiger charge is -2.27. The van der Waals surface area contributed by atoms with Crippen LogP contribution in [-0.4, -0.2) is 26.9 Å². The summed E-state index contributed by atoms with van der Waals surface area (Å²) in [5.41, 5.74) is 2.34. The summed E-state index contributed by atoms with van der Waals surface area (Å²) in [5.74, 6) is -0.00743. The third-order valence-corrected chi connectivity index (χ3v) is 7.38. The molecule has 0 N–H and O–H groups in total. The van der Waals surface area contributed by atoms with Crippen molar-refractivity contribution in [1.82, 2.24) is 14.5 Å². The van der Waals surface area contributed by atoms with Gasteiger partial charge in [-0.05, 0) is 48.3 Å². The molecule has 3 aromatic heterocycles. The van der Waals surface area contributed by atoms with Crippen molar-refractivity contribution in [1.29, 1.82) is 0 Å². The van der Waals surface area contributed by atoms with E-state index in [0.717, 1.165) is 42.4 Å². The maximum absolute atomic E-state index is 12.9. The lowest BCUT2D eigenvalue weighted by Crippen LogP contribution is -2.39. The summed E-state index contributed by atoms with van der Waals surface area (Å²) in [5, 5.41) is 2.82. The summed E-state index contributed by atoms with van der Waals surface area (Å²) >= 11 is 3.39. The molecule has 128 valence electrons. The number of hydrogen-bond acceptors (Lipinski definition) is 5. The molecule has 2 aliphatic rings. The summed E-state index contributed by atoms with van der Waals surface area (Å²) in [6.45, 7) is 1.45. The minimum Gasteiger partial charge on any atom is -0.336 e. The van der Waals surface area contributed by atoms with E-state index in [0.29, 0.717) is 6.54 Å². The van der Waals surface area contributed by atoms with Gasteiger partial charge in [0.15, 0.2) is 0 Å². The zero-order chi connectivity index (χ0) is 17.0. The summed E-state index contributed by atoms with van der Waals surface area (Å²) in [7, 11) is 0. The number of thiophene rings is 2. The number of aryl methyl sites for hydroxylation is 2. The quantitative estimate of drug-likeness (QED) is 0.696. The van der Waals surface area contributed by atoms with Crippen molar-refractivity contribution >= 4 is 38.8 Å². The average Bonchev–Trinajstić information content (AvgIpc) is 3.31. The highest BCUT2D eigenvalue weighted by Gasteiger charge is 2.24. The van der Waals surface area contributed by atoms with Crippen LogP contribution < -0.4 is 5.56 Å². The Balaban J connectivity index is 1.43. The van der Waals surface area contributed by atoms with Crippen LogP contribution in [0.4, 0.5) is 0 Å². The van der Waals surface area contributed by atoms with Crippen LogP contribution in [0.2, 0.25) is 0 Å². The van der Waals surface area contributed by atoms with E-state index in [4.69, 9.17) is 0 Å². The van der Waals surface area contributed by atoms with Crippen LogP contribution in [0.1, 0.15) is 27.3 Å². The minimum atomic E-state index is -0.0639. The Bertz CT molecular complexity index is 1050. The van der Waals surface area contributed by atoms with E-state index < -0.39 is 0 Å². The van der Waals surface area contributed by atoms with Gasteiger partial charge in [-0.3, -0.25) is 14.2 Å². The standard InChI is InChI=1S/C18H17N3O2S2/c22-15(20-6-4-13-11(8-20)5-7-24-13)9-21-10-19-17-16(18(21)23)12-2-1-3-14(12)25-17/h5,7,10H,1-4,6,8-9H2. The topological polar surface area (TPSA) is 55.2 Å². The van der Waals surface area contributed by atoms with Gasteiger partial charge in [-0.15, -0.1) is 22.7 Å². The molecule has 1 aliphatic carbocycles. The largest absolute Gasteiger partial charge is 0.336 e. The molecule has 25 heavy (non-hydrogen) atoms. The zero-order valence-corrected chi connectivity index (χ0v) is 15.3. The number of aromatic nitrogens is 2. The molecule has 7 heteroatoms. The molecule has 0 bridgehead atoms. The van der Waals surface area contributed by atoms with Gasteiger partial charge in [0, 0.05) is 22.8 Å². The maximum Gasteiger partial charge on any atom is 0.262 e. The average molecular weight is 371 g/mol. The van der Waals surface area contributed by atoms with Crippen LogP contribution in [-0.2, 0) is 37.1 Å². The molecule has 0 fully saturated rings. The smallest absolute Gasteiger partial charge is 0.262 e. The van der Waals surface area contributed by atoms with Crippen molar-refractivity contribution in [2.24, 2.45) is 0 Å². The number of fused-ring (bicyclic) bond motifs is 4. The molecule has 3 aromatic rings. The first-order valence-corrected chi connectivity index (χ1v) is 10.2. The SMILES string of the molecule is O=C(Cn1cnc2sc3c(c2c1=O)CCC3)N1CCc2sccc2C1. The lowest BCUT2D eigenvalue weighted by molar-refractivity contribution is -0.132. The van der Waals surface area contributed by atoms with Gasteiger partial charge in [0.1, 0.15) is 11.4 Å². The highest BCUT2D eigenvalue weighted by molar-refractivity contribution is 7.18. The van der Waals surface area contributed by atoms with Gasteiger partial charge in [-0.2, -0.15) is 0 Å². The zero-order valence-electron chi connectivity index (χ0n) is 13.7. The molecule has 0 saturated heterocycles. The summed E-state index contributed by atoms with van der Waals surface area (Å²) in [4.78, 5) is 35.4. The molecule has 5 rings (SSSR count). The molecule has 1 amide bonds. The number of hydrogen-bond donors (Lipinski definition) is 0. The van der Waals surface area contributed by atoms with E-state index in [2.05, 4.69) is 16.4 Å². The van der Waals surface area contributed by atoms with Crippen LogP contribution in [0.15, 0.2) is 22.6 Å². The van der Waals surface area contributed by atoms with Crippen LogP contribution in [0, 0.1) is 0 Å². The first-order chi connectivity index (χ1) is 12.2. The third kappa shape index (κ3) is 2.45. The molecule has 5 nitrogen and oxygen atoms in total. The van der Waals surface area contributed by atoms with Gasteiger partial charge in [-0.25, -0.2) is 4.98 Å². The predicted molar refractivity (Wildman–Crippen MR) is 99.3 cm³/mol. The normalized spacial score (nSPS) is 16.2. The summed E-state index contributed by atoms with van der Waals surface area (Å²) in [6.07, 6.45) is 5.56. The Hall–Kier alpha value is -1.99. The number of amides is 1. The van der Waals surface area contributed by atoms with E-state index in [9.17, 15) is 9.59 Å². The fourth-order valence-electron chi connectivity index (χ4n) is 3.84. The fraction of sp³-hybridized carbons (Fsp3) is 0.389. The first-order valence-electron chi connectivity index (χ1n) is 8.53. The van der Waals surface area contributed by atoms with Gasteiger partial charge in [0.25, 0.3) is 5.56 Å². The van der Waals surface area contributed by atoms with Crippen LogP contribution >= 0.6 is 22.7 Å². The van der Waals surface area contributed by atoms with Gasteiger partial charge >= 0.3 is 0 Å². The Morgan fingerprint density at radius 1 is 1.24 bits per heavy atom. The Kier molecular flexibility index (Phi) is 3.53. The van der Waals surface area contributed by atoms with Crippen molar-refractivity contribution < 1.29 is 4.79 Å². The minimum absolute atomic E-state index is 0.00743. The van der Waals surface area contributed by atoms with Gasteiger partial charge in [-0.1, -0.05) is 0 Å². The molecule has 0 aromatic carbocycles. The van der Waals surface area contributed by atoms with Crippen molar-refractivity contribution in [2.45, 2.75) is 38.8 Å². The van der Waals surface area contributed by atoms with Crippen molar-refractivity contribution in [3.8, 4) is 0 Å². The first kappa shape index (κ1) is 15.3. The Labute approximate surface area is 152 Å². The molecule has 1 aliphatic heterocycles. The van der Waals surface area contributed by atoms with Crippen molar-refractivity contribution in [3.63, 3.8) is 0 Å². The molecule has 0 saturated carbocycles. The summed E-state index contributed by atoms with van der Waals surface area (Å²) in [6, 6.07) is 2.09.